The van der Waals surface area contributed by atoms with Crippen LogP contribution in [0.15, 0.2) is 0 Å². The summed E-state index contributed by atoms with van der Waals surface area (Å²) >= 11 is 0. The van der Waals surface area contributed by atoms with Gasteiger partial charge in [0.1, 0.15) is 6.17 Å². The van der Waals surface area contributed by atoms with Crippen molar-refractivity contribution in [3.63, 3.8) is 0 Å². The van der Waals surface area contributed by atoms with Crippen molar-refractivity contribution in [2.75, 3.05) is 0 Å². The zero-order valence-corrected chi connectivity index (χ0v) is 4.10. The van der Waals surface area contributed by atoms with E-state index in [9.17, 15) is 9.18 Å². The summed E-state index contributed by atoms with van der Waals surface area (Å²) in [7, 11) is 0. The molecule has 0 aliphatic heterocycles. The van der Waals surface area contributed by atoms with Crippen molar-refractivity contribution in [3.8, 4) is 0 Å². The second-order valence-corrected chi connectivity index (χ2v) is 1.81. The van der Waals surface area contributed by atoms with Crippen LogP contribution in [0, 0.1) is 0 Å². The minimum absolute atomic E-state index is 0.340. The van der Waals surface area contributed by atoms with Gasteiger partial charge >= 0.3 is 6.09 Å². The summed E-state index contributed by atoms with van der Waals surface area (Å²) in [6.45, 7) is 0. The van der Waals surface area contributed by atoms with Gasteiger partial charge in [-0.3, -0.25) is 0 Å². The van der Waals surface area contributed by atoms with Crippen molar-refractivity contribution >= 4 is 6.09 Å². The van der Waals surface area contributed by atoms with Crippen LogP contribution in [0.2, 0.25) is 0 Å². The lowest BCUT2D eigenvalue weighted by Gasteiger charge is -1.91. The maximum Gasteiger partial charge on any atom is 0.404 e. The minimum Gasteiger partial charge on any atom is -0.465 e. The van der Waals surface area contributed by atoms with Gasteiger partial charge < -0.3 is 10.4 Å². The van der Waals surface area contributed by atoms with Crippen molar-refractivity contribution in [1.82, 2.24) is 5.32 Å². The first kappa shape index (κ1) is 5.34. The Kier molecular flexibility index (Phi) is 1.08. The van der Waals surface area contributed by atoms with Gasteiger partial charge in [-0.15, -0.1) is 0 Å². The molecule has 0 aromatic carbocycles. The summed E-state index contributed by atoms with van der Waals surface area (Å²) in [4.78, 5) is 9.72. The second kappa shape index (κ2) is 1.61. The highest BCUT2D eigenvalue weighted by Crippen LogP contribution is 2.24. The number of rotatable bonds is 1. The third-order valence-electron chi connectivity index (χ3n) is 1.02. The monoisotopic (exact) mass is 119 g/mol. The predicted octanol–water partition coefficient (Wildman–Crippen LogP) is 0.364. The molecule has 4 heteroatoms. The number of nitrogens with one attached hydrogen (secondary N) is 1. The zero-order valence-electron chi connectivity index (χ0n) is 4.10. The van der Waals surface area contributed by atoms with Crippen LogP contribution < -0.4 is 5.32 Å². The molecule has 1 fully saturated rings. The van der Waals surface area contributed by atoms with Crippen LogP contribution in [-0.4, -0.2) is 23.4 Å². The van der Waals surface area contributed by atoms with Crippen LogP contribution in [0.1, 0.15) is 6.42 Å². The number of carbonyl (C=O) groups is 1. The molecular weight excluding hydrogens is 113 g/mol. The van der Waals surface area contributed by atoms with Gasteiger partial charge in [0.2, 0.25) is 0 Å². The topological polar surface area (TPSA) is 49.3 Å². The molecule has 0 saturated heterocycles. The molecule has 0 bridgehead atoms. The lowest BCUT2D eigenvalue weighted by molar-refractivity contribution is 0.192. The molecule has 0 radical (unpaired) electrons. The van der Waals surface area contributed by atoms with Gasteiger partial charge in [-0.25, -0.2) is 9.18 Å². The number of carboxylic acid groups (broad SMARTS) is 1. The molecule has 1 amide bonds. The molecule has 0 spiro atoms. The normalized spacial score (nSPS) is 34.1. The number of amides is 1. The molecule has 1 aliphatic carbocycles. The van der Waals surface area contributed by atoms with Gasteiger partial charge in [0.15, 0.2) is 0 Å². The average Bonchev–Trinajstić information content (AvgIpc) is 2.17. The molecule has 1 saturated carbocycles. The predicted molar refractivity (Wildman–Crippen MR) is 24.5 cm³/mol. The molecule has 2 atom stereocenters. The van der Waals surface area contributed by atoms with E-state index < -0.39 is 18.3 Å². The maximum atomic E-state index is 11.8. The summed E-state index contributed by atoms with van der Waals surface area (Å²) in [6, 6.07) is -0.424. The van der Waals surface area contributed by atoms with E-state index in [0.29, 0.717) is 6.42 Å². The van der Waals surface area contributed by atoms with E-state index in [4.69, 9.17) is 5.11 Å². The number of hydrogen-bond donors (Lipinski definition) is 2. The largest absolute Gasteiger partial charge is 0.465 e. The summed E-state index contributed by atoms with van der Waals surface area (Å²) in [5, 5.41) is 9.97. The average molecular weight is 119 g/mol. The second-order valence-electron chi connectivity index (χ2n) is 1.81. The van der Waals surface area contributed by atoms with Crippen molar-refractivity contribution in [2.45, 2.75) is 18.6 Å². The Morgan fingerprint density at radius 2 is 2.38 bits per heavy atom. The van der Waals surface area contributed by atoms with Crippen molar-refractivity contribution < 1.29 is 14.3 Å². The quantitative estimate of drug-likeness (QED) is 0.523. The third-order valence-corrected chi connectivity index (χ3v) is 1.02. The van der Waals surface area contributed by atoms with Crippen LogP contribution in [0.4, 0.5) is 9.18 Å². The van der Waals surface area contributed by atoms with Gasteiger partial charge in [-0.2, -0.15) is 0 Å². The lowest BCUT2D eigenvalue weighted by atomic mass is 10.7. The number of halogens is 1. The van der Waals surface area contributed by atoms with Gasteiger partial charge in [0, 0.05) is 6.42 Å². The highest BCUT2D eigenvalue weighted by molar-refractivity contribution is 5.65. The van der Waals surface area contributed by atoms with E-state index in [1.807, 2.05) is 5.32 Å². The summed E-state index contributed by atoms with van der Waals surface area (Å²) < 4.78 is 11.8. The Morgan fingerprint density at radius 1 is 1.88 bits per heavy atom. The first-order valence-corrected chi connectivity index (χ1v) is 2.33. The molecule has 0 heterocycles. The molecule has 0 unspecified atom stereocenters. The highest BCUT2D eigenvalue weighted by Gasteiger charge is 2.38. The summed E-state index contributed by atoms with van der Waals surface area (Å²) in [5.74, 6) is 0. The first-order chi connectivity index (χ1) is 3.70. The molecule has 1 aliphatic rings. The van der Waals surface area contributed by atoms with E-state index in [1.54, 1.807) is 0 Å². The third kappa shape index (κ3) is 1.08. The smallest absolute Gasteiger partial charge is 0.404 e. The van der Waals surface area contributed by atoms with E-state index in [-0.39, 0.29) is 0 Å². The Labute approximate surface area is 45.5 Å². The van der Waals surface area contributed by atoms with Crippen molar-refractivity contribution in [3.05, 3.63) is 0 Å². The fourth-order valence-corrected chi connectivity index (χ4v) is 0.472. The Hall–Kier alpha value is -0.800. The summed E-state index contributed by atoms with van der Waals surface area (Å²) in [6.07, 6.45) is -1.74. The van der Waals surface area contributed by atoms with Gasteiger partial charge in [0.05, 0.1) is 6.04 Å². The molecule has 3 nitrogen and oxygen atoms in total. The van der Waals surface area contributed by atoms with Crippen LogP contribution in [0.3, 0.4) is 0 Å². The van der Waals surface area contributed by atoms with Crippen LogP contribution in [0.5, 0.6) is 0 Å². The van der Waals surface area contributed by atoms with Crippen molar-refractivity contribution in [2.24, 2.45) is 0 Å². The Balaban J connectivity index is 2.14. The Morgan fingerprint density at radius 3 is 2.50 bits per heavy atom. The first-order valence-electron chi connectivity index (χ1n) is 2.33. The van der Waals surface area contributed by atoms with E-state index in [0.717, 1.165) is 0 Å². The van der Waals surface area contributed by atoms with Crippen LogP contribution in [-0.2, 0) is 0 Å². The van der Waals surface area contributed by atoms with Gasteiger partial charge in [0.25, 0.3) is 0 Å². The van der Waals surface area contributed by atoms with E-state index in [2.05, 4.69) is 0 Å². The van der Waals surface area contributed by atoms with Crippen LogP contribution >= 0.6 is 0 Å². The standard InChI is InChI=1S/C4H6FNO2/c5-2-1-3(2)6-4(7)8/h2-3,6H,1H2,(H,7,8)/t2-,3+/m0/s1. The van der Waals surface area contributed by atoms with Gasteiger partial charge in [-0.1, -0.05) is 0 Å². The fraction of sp³-hybridized carbons (Fsp3) is 0.750. The molecule has 2 N–H and O–H groups in total. The van der Waals surface area contributed by atoms with Crippen LogP contribution in [0.25, 0.3) is 0 Å². The molecule has 8 heavy (non-hydrogen) atoms. The molecular formula is C4H6FNO2. The SMILES string of the molecule is O=C(O)N[C@@H]1C[C@@H]1F. The maximum absolute atomic E-state index is 11.8. The van der Waals surface area contributed by atoms with E-state index >= 15 is 0 Å². The number of alkyl halides is 1. The minimum atomic E-state index is -1.14. The summed E-state index contributed by atoms with van der Waals surface area (Å²) in [5.41, 5.74) is 0. The van der Waals surface area contributed by atoms with Gasteiger partial charge in [-0.05, 0) is 0 Å². The molecule has 1 rings (SSSR count). The fourth-order valence-electron chi connectivity index (χ4n) is 0.472. The molecule has 0 aromatic heterocycles. The van der Waals surface area contributed by atoms with E-state index in [1.165, 1.54) is 0 Å². The Bertz CT molecular complexity index is 117. The molecule has 0 aromatic rings. The lowest BCUT2D eigenvalue weighted by Crippen LogP contribution is -2.24. The number of hydrogen-bond acceptors (Lipinski definition) is 1. The highest BCUT2D eigenvalue weighted by atomic mass is 19.1. The molecule has 46 valence electrons. The zero-order chi connectivity index (χ0) is 6.15. The van der Waals surface area contributed by atoms with Crippen molar-refractivity contribution in [1.29, 1.82) is 0 Å².